The molecule has 2 rings (SSSR count). The lowest BCUT2D eigenvalue weighted by Gasteiger charge is -2.04. The zero-order valence-corrected chi connectivity index (χ0v) is 7.98. The van der Waals surface area contributed by atoms with Gasteiger partial charge in [-0.1, -0.05) is 0 Å². The predicted molar refractivity (Wildman–Crippen MR) is 52.8 cm³/mol. The Morgan fingerprint density at radius 3 is 3.00 bits per heavy atom. The van der Waals surface area contributed by atoms with E-state index in [2.05, 4.69) is 10.2 Å². The summed E-state index contributed by atoms with van der Waals surface area (Å²) in [6, 6.07) is 3.25. The number of esters is 1. The fourth-order valence-electron chi connectivity index (χ4n) is 1.36. The number of aldehydes is 1. The SMILES string of the molecule is CC(=O)Oc1c(C=O)ccc2n[nH]cc12. The van der Waals surface area contributed by atoms with Crippen molar-refractivity contribution in [1.82, 2.24) is 10.2 Å². The van der Waals surface area contributed by atoms with E-state index in [1.807, 2.05) is 0 Å². The van der Waals surface area contributed by atoms with E-state index in [0.717, 1.165) is 0 Å². The summed E-state index contributed by atoms with van der Waals surface area (Å²) in [4.78, 5) is 21.6. The van der Waals surface area contributed by atoms with Crippen molar-refractivity contribution in [2.24, 2.45) is 0 Å². The molecule has 15 heavy (non-hydrogen) atoms. The molecule has 0 aliphatic heterocycles. The van der Waals surface area contributed by atoms with E-state index >= 15 is 0 Å². The average molecular weight is 204 g/mol. The number of carbonyl (C=O) groups excluding carboxylic acids is 2. The lowest BCUT2D eigenvalue weighted by molar-refractivity contribution is -0.131. The van der Waals surface area contributed by atoms with Crippen molar-refractivity contribution in [3.63, 3.8) is 0 Å². The van der Waals surface area contributed by atoms with E-state index in [-0.39, 0.29) is 5.75 Å². The highest BCUT2D eigenvalue weighted by molar-refractivity contribution is 5.95. The first-order valence-electron chi connectivity index (χ1n) is 4.32. The van der Waals surface area contributed by atoms with Gasteiger partial charge in [-0.15, -0.1) is 0 Å². The average Bonchev–Trinajstić information content (AvgIpc) is 2.65. The number of H-pyrrole nitrogens is 1. The highest BCUT2D eigenvalue weighted by Gasteiger charge is 2.11. The standard InChI is InChI=1S/C10H8N2O3/c1-6(14)15-10-7(5-13)2-3-9-8(10)4-11-12-9/h2-5H,1H3,(H,11,12). The van der Waals surface area contributed by atoms with Gasteiger partial charge >= 0.3 is 5.97 Å². The smallest absolute Gasteiger partial charge is 0.308 e. The first kappa shape index (κ1) is 9.39. The zero-order valence-electron chi connectivity index (χ0n) is 7.98. The molecule has 0 saturated heterocycles. The molecule has 0 amide bonds. The molecular formula is C10H8N2O3. The Kier molecular flexibility index (Phi) is 2.21. The molecule has 0 aliphatic rings. The molecule has 1 aromatic heterocycles. The number of hydrogen-bond acceptors (Lipinski definition) is 4. The highest BCUT2D eigenvalue weighted by Crippen LogP contribution is 2.27. The van der Waals surface area contributed by atoms with Crippen LogP contribution in [0.2, 0.25) is 0 Å². The molecule has 0 bridgehead atoms. The number of nitrogens with zero attached hydrogens (tertiary/aromatic N) is 1. The molecule has 1 aromatic carbocycles. The molecule has 0 saturated carbocycles. The largest absolute Gasteiger partial charge is 0.425 e. The summed E-state index contributed by atoms with van der Waals surface area (Å²) in [6.45, 7) is 1.29. The predicted octanol–water partition coefficient (Wildman–Crippen LogP) is 1.30. The Morgan fingerprint density at radius 1 is 1.53 bits per heavy atom. The second kappa shape index (κ2) is 3.53. The number of carbonyl (C=O) groups is 2. The van der Waals surface area contributed by atoms with E-state index in [0.29, 0.717) is 22.8 Å². The van der Waals surface area contributed by atoms with Crippen LogP contribution < -0.4 is 4.74 Å². The molecule has 0 atom stereocenters. The van der Waals surface area contributed by atoms with Crippen molar-refractivity contribution in [2.45, 2.75) is 6.92 Å². The zero-order chi connectivity index (χ0) is 10.8. The maximum atomic E-state index is 10.9. The fourth-order valence-corrected chi connectivity index (χ4v) is 1.36. The Balaban J connectivity index is 2.68. The van der Waals surface area contributed by atoms with E-state index in [4.69, 9.17) is 4.74 Å². The van der Waals surface area contributed by atoms with Gasteiger partial charge < -0.3 is 4.74 Å². The van der Waals surface area contributed by atoms with Crippen LogP contribution in [0.5, 0.6) is 5.75 Å². The van der Waals surface area contributed by atoms with Crippen LogP contribution in [0.15, 0.2) is 18.3 Å². The second-order valence-electron chi connectivity index (χ2n) is 3.01. The number of rotatable bonds is 2. The van der Waals surface area contributed by atoms with E-state index in [9.17, 15) is 9.59 Å². The third-order valence-electron chi connectivity index (χ3n) is 1.97. The molecule has 0 spiro atoms. The molecule has 5 heteroatoms. The molecule has 1 heterocycles. The summed E-state index contributed by atoms with van der Waals surface area (Å²) in [7, 11) is 0. The Hall–Kier alpha value is -2.17. The molecule has 1 N–H and O–H groups in total. The van der Waals surface area contributed by atoms with Crippen molar-refractivity contribution in [1.29, 1.82) is 0 Å². The van der Waals surface area contributed by atoms with Crippen molar-refractivity contribution in [3.05, 3.63) is 23.9 Å². The van der Waals surface area contributed by atoms with Gasteiger partial charge in [-0.05, 0) is 12.1 Å². The summed E-state index contributed by atoms with van der Waals surface area (Å²) >= 11 is 0. The lowest BCUT2D eigenvalue weighted by Crippen LogP contribution is -2.04. The van der Waals surface area contributed by atoms with Gasteiger partial charge in [-0.2, -0.15) is 5.10 Å². The van der Waals surface area contributed by atoms with Crippen LogP contribution in [0.4, 0.5) is 0 Å². The molecule has 0 unspecified atom stereocenters. The van der Waals surface area contributed by atoms with Crippen LogP contribution >= 0.6 is 0 Å². The van der Waals surface area contributed by atoms with Gasteiger partial charge in [-0.3, -0.25) is 14.7 Å². The van der Waals surface area contributed by atoms with Crippen LogP contribution in [0, 0.1) is 0 Å². The maximum absolute atomic E-state index is 10.9. The second-order valence-corrected chi connectivity index (χ2v) is 3.01. The number of aromatic amines is 1. The van der Waals surface area contributed by atoms with Crippen molar-refractivity contribution < 1.29 is 14.3 Å². The number of hydrogen-bond donors (Lipinski definition) is 1. The summed E-state index contributed by atoms with van der Waals surface area (Å²) in [5.41, 5.74) is 0.982. The summed E-state index contributed by atoms with van der Waals surface area (Å²) in [5.74, 6) is -0.212. The number of ether oxygens (including phenoxy) is 1. The van der Waals surface area contributed by atoms with E-state index < -0.39 is 5.97 Å². The van der Waals surface area contributed by atoms with Gasteiger partial charge in [-0.25, -0.2) is 0 Å². The normalized spacial score (nSPS) is 10.2. The lowest BCUT2D eigenvalue weighted by atomic mass is 10.1. The number of nitrogens with one attached hydrogen (secondary N) is 1. The number of fused-ring (bicyclic) bond motifs is 1. The Bertz CT molecular complexity index is 530. The first-order valence-corrected chi connectivity index (χ1v) is 4.32. The third-order valence-corrected chi connectivity index (χ3v) is 1.97. The van der Waals surface area contributed by atoms with Crippen LogP contribution in [0.25, 0.3) is 10.9 Å². The van der Waals surface area contributed by atoms with Gasteiger partial charge in [0.1, 0.15) is 0 Å². The Morgan fingerprint density at radius 2 is 2.33 bits per heavy atom. The Labute approximate surface area is 85.0 Å². The molecule has 0 aliphatic carbocycles. The maximum Gasteiger partial charge on any atom is 0.308 e. The van der Waals surface area contributed by atoms with Crippen LogP contribution in [-0.2, 0) is 4.79 Å². The topological polar surface area (TPSA) is 72.1 Å². The number of aromatic nitrogens is 2. The van der Waals surface area contributed by atoms with Crippen molar-refractivity contribution in [3.8, 4) is 5.75 Å². The summed E-state index contributed by atoms with van der Waals surface area (Å²) in [6.07, 6.45) is 2.23. The molecule has 2 aromatic rings. The van der Waals surface area contributed by atoms with Gasteiger partial charge in [0.15, 0.2) is 12.0 Å². The quantitative estimate of drug-likeness (QED) is 0.454. The van der Waals surface area contributed by atoms with Crippen LogP contribution in [-0.4, -0.2) is 22.5 Å². The first-order chi connectivity index (χ1) is 7.22. The van der Waals surface area contributed by atoms with Crippen molar-refractivity contribution >= 4 is 23.2 Å². The van der Waals surface area contributed by atoms with Crippen LogP contribution in [0.3, 0.4) is 0 Å². The minimum atomic E-state index is -0.466. The molecule has 0 radical (unpaired) electrons. The van der Waals surface area contributed by atoms with Gasteiger partial charge in [0.2, 0.25) is 0 Å². The van der Waals surface area contributed by atoms with Crippen molar-refractivity contribution in [2.75, 3.05) is 0 Å². The minimum Gasteiger partial charge on any atom is -0.425 e. The van der Waals surface area contributed by atoms with Gasteiger partial charge in [0.25, 0.3) is 0 Å². The minimum absolute atomic E-state index is 0.253. The van der Waals surface area contributed by atoms with Crippen LogP contribution in [0.1, 0.15) is 17.3 Å². The van der Waals surface area contributed by atoms with Gasteiger partial charge in [0.05, 0.1) is 16.5 Å². The van der Waals surface area contributed by atoms with E-state index in [1.54, 1.807) is 18.3 Å². The molecule has 76 valence electrons. The highest BCUT2D eigenvalue weighted by atomic mass is 16.5. The third kappa shape index (κ3) is 1.59. The van der Waals surface area contributed by atoms with Gasteiger partial charge in [0, 0.05) is 13.1 Å². The number of benzene rings is 1. The summed E-state index contributed by atoms with van der Waals surface area (Å²) in [5, 5.41) is 7.20. The summed E-state index contributed by atoms with van der Waals surface area (Å²) < 4.78 is 4.98. The molecular weight excluding hydrogens is 196 g/mol. The molecule has 0 fully saturated rings. The molecule has 5 nitrogen and oxygen atoms in total. The van der Waals surface area contributed by atoms with E-state index in [1.165, 1.54) is 6.92 Å². The monoisotopic (exact) mass is 204 g/mol. The fraction of sp³-hybridized carbons (Fsp3) is 0.100.